The lowest BCUT2D eigenvalue weighted by molar-refractivity contribution is 0.0954. The van der Waals surface area contributed by atoms with Crippen molar-refractivity contribution in [3.05, 3.63) is 47.0 Å². The second-order valence-corrected chi connectivity index (χ2v) is 5.22. The lowest BCUT2D eigenvalue weighted by atomic mass is 10.2. The van der Waals surface area contributed by atoms with Gasteiger partial charge in [0.2, 0.25) is 0 Å². The van der Waals surface area contributed by atoms with Crippen LogP contribution in [0.2, 0.25) is 5.02 Å². The first-order chi connectivity index (χ1) is 9.20. The molecule has 6 heteroatoms. The molecule has 2 aromatic rings. The van der Waals surface area contributed by atoms with E-state index in [1.807, 2.05) is 12.3 Å². The Morgan fingerprint density at radius 2 is 2.37 bits per heavy atom. The topological polar surface area (TPSA) is 57.8 Å². The second kappa shape index (κ2) is 6.63. The van der Waals surface area contributed by atoms with Crippen LogP contribution in [0.25, 0.3) is 0 Å². The number of aromatic nitrogens is 2. The molecule has 19 heavy (non-hydrogen) atoms. The van der Waals surface area contributed by atoms with Crippen LogP contribution >= 0.6 is 23.4 Å². The lowest BCUT2D eigenvalue weighted by Gasteiger charge is -2.07. The number of hydrogen-bond donors (Lipinski definition) is 2. The van der Waals surface area contributed by atoms with Gasteiger partial charge in [-0.15, -0.1) is 11.8 Å². The number of carbonyl (C=O) groups is 1. The van der Waals surface area contributed by atoms with Gasteiger partial charge in [-0.05, 0) is 24.5 Å². The van der Waals surface area contributed by atoms with Crippen molar-refractivity contribution in [2.75, 3.05) is 12.8 Å². The minimum atomic E-state index is -0.152. The largest absolute Gasteiger partial charge is 0.352 e. The van der Waals surface area contributed by atoms with Crippen LogP contribution in [0, 0.1) is 0 Å². The van der Waals surface area contributed by atoms with Crippen molar-refractivity contribution in [1.29, 1.82) is 0 Å². The Bertz CT molecular complexity index is 557. The van der Waals surface area contributed by atoms with Crippen LogP contribution in [0.5, 0.6) is 0 Å². The molecule has 1 aromatic carbocycles. The van der Waals surface area contributed by atoms with Crippen molar-refractivity contribution in [3.8, 4) is 0 Å². The number of hydrogen-bond acceptors (Lipinski definition) is 3. The summed E-state index contributed by atoms with van der Waals surface area (Å²) in [6, 6.07) is 5.45. The molecule has 100 valence electrons. The SMILES string of the molecule is CSc1ccc(Cl)c(C(=O)NCCc2cnc[nH]2)c1. The van der Waals surface area contributed by atoms with Crippen LogP contribution in [0.3, 0.4) is 0 Å². The van der Waals surface area contributed by atoms with E-state index >= 15 is 0 Å². The Hall–Kier alpha value is -1.46. The maximum Gasteiger partial charge on any atom is 0.252 e. The van der Waals surface area contributed by atoms with Crippen molar-refractivity contribution in [1.82, 2.24) is 15.3 Å². The summed E-state index contributed by atoms with van der Waals surface area (Å²) in [6.07, 6.45) is 6.04. The molecular formula is C13H14ClN3OS. The molecule has 2 rings (SSSR count). The van der Waals surface area contributed by atoms with E-state index in [2.05, 4.69) is 15.3 Å². The summed E-state index contributed by atoms with van der Waals surface area (Å²) in [5, 5.41) is 3.32. The maximum absolute atomic E-state index is 12.0. The number of nitrogens with zero attached hydrogens (tertiary/aromatic N) is 1. The lowest BCUT2D eigenvalue weighted by Crippen LogP contribution is -2.26. The van der Waals surface area contributed by atoms with Crippen molar-refractivity contribution < 1.29 is 4.79 Å². The van der Waals surface area contributed by atoms with Crippen LogP contribution in [0.4, 0.5) is 0 Å². The van der Waals surface area contributed by atoms with Crippen LogP contribution in [-0.2, 0) is 6.42 Å². The molecule has 0 saturated heterocycles. The average molecular weight is 296 g/mol. The highest BCUT2D eigenvalue weighted by atomic mass is 35.5. The number of imidazole rings is 1. The van der Waals surface area contributed by atoms with Gasteiger partial charge in [0.05, 0.1) is 16.9 Å². The summed E-state index contributed by atoms with van der Waals surface area (Å²) in [4.78, 5) is 20.0. The third-order valence-electron chi connectivity index (χ3n) is 2.65. The smallest absolute Gasteiger partial charge is 0.252 e. The van der Waals surface area contributed by atoms with E-state index in [0.717, 1.165) is 10.6 Å². The molecule has 0 saturated carbocycles. The van der Waals surface area contributed by atoms with E-state index in [1.54, 1.807) is 36.4 Å². The quantitative estimate of drug-likeness (QED) is 0.834. The molecule has 1 amide bonds. The third-order valence-corrected chi connectivity index (χ3v) is 3.71. The van der Waals surface area contributed by atoms with Gasteiger partial charge in [-0.1, -0.05) is 11.6 Å². The fraction of sp³-hybridized carbons (Fsp3) is 0.231. The van der Waals surface area contributed by atoms with E-state index in [-0.39, 0.29) is 5.91 Å². The Balaban J connectivity index is 1.95. The standard InChI is InChI=1S/C13H14ClN3OS/c1-19-10-2-3-12(14)11(6-10)13(18)16-5-4-9-7-15-8-17-9/h2-3,6-8H,4-5H2,1H3,(H,15,17)(H,16,18). The zero-order chi connectivity index (χ0) is 13.7. The van der Waals surface area contributed by atoms with Crippen molar-refractivity contribution >= 4 is 29.3 Å². The molecule has 0 atom stereocenters. The van der Waals surface area contributed by atoms with Gasteiger partial charge in [0.1, 0.15) is 0 Å². The molecule has 4 nitrogen and oxygen atoms in total. The normalized spacial score (nSPS) is 10.4. The van der Waals surface area contributed by atoms with E-state index in [0.29, 0.717) is 23.6 Å². The molecule has 0 radical (unpaired) electrons. The minimum Gasteiger partial charge on any atom is -0.352 e. The molecule has 1 aromatic heterocycles. The molecular weight excluding hydrogens is 282 g/mol. The van der Waals surface area contributed by atoms with E-state index in [1.165, 1.54) is 0 Å². The van der Waals surface area contributed by atoms with E-state index in [9.17, 15) is 4.79 Å². The molecule has 0 aliphatic heterocycles. The Morgan fingerprint density at radius 1 is 1.53 bits per heavy atom. The zero-order valence-corrected chi connectivity index (χ0v) is 12.0. The Kier molecular flexibility index (Phi) is 4.87. The number of halogens is 1. The number of H-pyrrole nitrogens is 1. The number of rotatable bonds is 5. The van der Waals surface area contributed by atoms with Gasteiger partial charge in [0.15, 0.2) is 0 Å². The maximum atomic E-state index is 12.0. The monoisotopic (exact) mass is 295 g/mol. The molecule has 0 aliphatic carbocycles. The minimum absolute atomic E-state index is 0.152. The zero-order valence-electron chi connectivity index (χ0n) is 10.4. The summed E-state index contributed by atoms with van der Waals surface area (Å²) in [6.45, 7) is 0.543. The van der Waals surface area contributed by atoms with Crippen LogP contribution in [0.1, 0.15) is 16.1 Å². The van der Waals surface area contributed by atoms with Gasteiger partial charge in [0, 0.05) is 29.8 Å². The predicted octanol–water partition coefficient (Wildman–Crippen LogP) is 2.76. The van der Waals surface area contributed by atoms with Gasteiger partial charge >= 0.3 is 0 Å². The number of nitrogens with one attached hydrogen (secondary N) is 2. The van der Waals surface area contributed by atoms with Crippen molar-refractivity contribution in [2.24, 2.45) is 0 Å². The van der Waals surface area contributed by atoms with Gasteiger partial charge in [0.25, 0.3) is 5.91 Å². The first kappa shape index (κ1) is 14.0. The second-order valence-electron chi connectivity index (χ2n) is 3.93. The molecule has 1 heterocycles. The molecule has 0 fully saturated rings. The number of thioether (sulfide) groups is 1. The Morgan fingerprint density at radius 3 is 3.05 bits per heavy atom. The van der Waals surface area contributed by atoms with Crippen molar-refractivity contribution in [2.45, 2.75) is 11.3 Å². The van der Waals surface area contributed by atoms with Crippen LogP contribution in [-0.4, -0.2) is 28.7 Å². The number of carbonyl (C=O) groups excluding carboxylic acids is 1. The highest BCUT2D eigenvalue weighted by Gasteiger charge is 2.10. The number of aromatic amines is 1. The highest BCUT2D eigenvalue weighted by molar-refractivity contribution is 7.98. The predicted molar refractivity (Wildman–Crippen MR) is 77.9 cm³/mol. The summed E-state index contributed by atoms with van der Waals surface area (Å²) in [5.74, 6) is -0.152. The fourth-order valence-electron chi connectivity index (χ4n) is 1.63. The fourth-order valence-corrected chi connectivity index (χ4v) is 2.28. The van der Waals surface area contributed by atoms with Gasteiger partial charge in [-0.3, -0.25) is 4.79 Å². The summed E-state index contributed by atoms with van der Waals surface area (Å²) >= 11 is 7.62. The first-order valence-electron chi connectivity index (χ1n) is 5.79. The number of amides is 1. The Labute approximate surface area is 121 Å². The molecule has 0 aliphatic rings. The molecule has 0 unspecified atom stereocenters. The van der Waals surface area contributed by atoms with Gasteiger partial charge in [-0.2, -0.15) is 0 Å². The summed E-state index contributed by atoms with van der Waals surface area (Å²) in [7, 11) is 0. The molecule has 2 N–H and O–H groups in total. The average Bonchev–Trinajstić information content (AvgIpc) is 2.92. The first-order valence-corrected chi connectivity index (χ1v) is 7.40. The van der Waals surface area contributed by atoms with Crippen LogP contribution < -0.4 is 5.32 Å². The highest BCUT2D eigenvalue weighted by Crippen LogP contribution is 2.22. The summed E-state index contributed by atoms with van der Waals surface area (Å²) < 4.78 is 0. The van der Waals surface area contributed by atoms with Crippen LogP contribution in [0.15, 0.2) is 35.6 Å². The molecule has 0 bridgehead atoms. The van der Waals surface area contributed by atoms with E-state index in [4.69, 9.17) is 11.6 Å². The van der Waals surface area contributed by atoms with Gasteiger partial charge in [-0.25, -0.2) is 4.98 Å². The number of benzene rings is 1. The van der Waals surface area contributed by atoms with E-state index < -0.39 is 0 Å². The molecule has 0 spiro atoms. The van der Waals surface area contributed by atoms with Gasteiger partial charge < -0.3 is 10.3 Å². The van der Waals surface area contributed by atoms with Crippen molar-refractivity contribution in [3.63, 3.8) is 0 Å². The third kappa shape index (κ3) is 3.75. The summed E-state index contributed by atoms with van der Waals surface area (Å²) in [5.41, 5.74) is 1.50.